The van der Waals surface area contributed by atoms with Gasteiger partial charge in [-0.25, -0.2) is 13.6 Å². The van der Waals surface area contributed by atoms with Crippen molar-refractivity contribution >= 4 is 29.5 Å². The fourth-order valence-electron chi connectivity index (χ4n) is 5.47. The summed E-state index contributed by atoms with van der Waals surface area (Å²) in [6, 6.07) is 2.31. The average Bonchev–Trinajstić information content (AvgIpc) is 3.23. The van der Waals surface area contributed by atoms with Gasteiger partial charge < -0.3 is 20.0 Å². The number of carbonyl (C=O) groups is 3. The highest BCUT2D eigenvalue weighted by Gasteiger charge is 2.60. The molecule has 8 nitrogen and oxygen atoms in total. The number of rotatable bonds is 7. The molecule has 35 heavy (non-hydrogen) atoms. The van der Waals surface area contributed by atoms with Crippen LogP contribution in [0.2, 0.25) is 0 Å². The summed E-state index contributed by atoms with van der Waals surface area (Å²) >= 11 is 1.34. The summed E-state index contributed by atoms with van der Waals surface area (Å²) in [5.74, 6) is -4.07. The first-order chi connectivity index (χ1) is 16.4. The molecule has 0 aromatic heterocycles. The molecule has 1 aromatic rings. The maximum atomic E-state index is 13.7. The van der Waals surface area contributed by atoms with Crippen LogP contribution in [0.15, 0.2) is 28.8 Å². The van der Waals surface area contributed by atoms with Crippen LogP contribution >= 0.6 is 11.8 Å². The first-order valence-electron chi connectivity index (χ1n) is 11.5. The van der Waals surface area contributed by atoms with E-state index >= 15 is 0 Å². The summed E-state index contributed by atoms with van der Waals surface area (Å²) < 4.78 is 27.5. The minimum Gasteiger partial charge on any atom is -0.477 e. The number of hydrogen-bond donors (Lipinski definition) is 2. The number of amides is 2. The first-order valence-corrected chi connectivity index (χ1v) is 12.3. The number of likely N-dealkylation sites (N-methyl/N-ethyl adjacent to an activating group) is 1. The monoisotopic (exact) mass is 509 g/mol. The van der Waals surface area contributed by atoms with E-state index in [1.165, 1.54) is 40.6 Å². The number of likely N-dealkylation sites (tertiary alicyclic amines) is 1. The lowest BCUT2D eigenvalue weighted by Crippen LogP contribution is -2.63. The fraction of sp³-hybridized carbons (Fsp3) is 0.542. The van der Waals surface area contributed by atoms with E-state index in [9.17, 15) is 33.4 Å². The van der Waals surface area contributed by atoms with Crippen LogP contribution in [0.4, 0.5) is 8.78 Å². The van der Waals surface area contributed by atoms with Gasteiger partial charge in [0.15, 0.2) is 0 Å². The van der Waals surface area contributed by atoms with Crippen molar-refractivity contribution in [3.05, 3.63) is 46.0 Å². The third kappa shape index (κ3) is 4.56. The van der Waals surface area contributed by atoms with Crippen molar-refractivity contribution in [1.82, 2.24) is 14.7 Å². The van der Waals surface area contributed by atoms with Gasteiger partial charge in [0.1, 0.15) is 17.3 Å². The Hall–Kier alpha value is -2.50. The zero-order chi connectivity index (χ0) is 25.8. The maximum absolute atomic E-state index is 13.7. The SMILES string of the molecule is C[C@@H](O)[C@H]1C(=O)N2C(C(=O)O)=C(S[C@H]3C[C@@H](C(=O)N(C)C)N(Cc4cc(F)cc(F)c4)C3)[C@H](C)[C@H]12. The molecule has 3 heterocycles. The number of carbonyl (C=O) groups excluding carboxylic acids is 2. The second kappa shape index (κ2) is 9.51. The minimum absolute atomic E-state index is 0.0597. The van der Waals surface area contributed by atoms with Crippen LogP contribution in [-0.4, -0.2) is 86.8 Å². The summed E-state index contributed by atoms with van der Waals surface area (Å²) in [4.78, 5) is 42.8. The number of halogens is 2. The number of aliphatic carboxylic acids is 1. The Labute approximate surface area is 206 Å². The topological polar surface area (TPSA) is 101 Å². The summed E-state index contributed by atoms with van der Waals surface area (Å²) in [5.41, 5.74) is 0.342. The Morgan fingerprint density at radius 3 is 2.40 bits per heavy atom. The summed E-state index contributed by atoms with van der Waals surface area (Å²) in [6.07, 6.45) is -0.470. The number of thioether (sulfide) groups is 1. The molecule has 3 aliphatic rings. The van der Waals surface area contributed by atoms with Crippen molar-refractivity contribution in [2.24, 2.45) is 11.8 Å². The second-order valence-corrected chi connectivity index (χ2v) is 11.0. The van der Waals surface area contributed by atoms with Crippen LogP contribution in [0.1, 0.15) is 25.8 Å². The van der Waals surface area contributed by atoms with Crippen molar-refractivity contribution < 1.29 is 33.4 Å². The van der Waals surface area contributed by atoms with Crippen LogP contribution in [0, 0.1) is 23.5 Å². The third-order valence-corrected chi connectivity index (χ3v) is 8.50. The number of carboxylic acids is 1. The van der Waals surface area contributed by atoms with Crippen molar-refractivity contribution in [1.29, 1.82) is 0 Å². The molecule has 2 N–H and O–H groups in total. The Balaban J connectivity index is 1.59. The van der Waals surface area contributed by atoms with Crippen LogP contribution in [0.25, 0.3) is 0 Å². The smallest absolute Gasteiger partial charge is 0.353 e. The number of carboxylic acid groups (broad SMARTS) is 1. The highest BCUT2D eigenvalue weighted by atomic mass is 32.2. The number of fused-ring (bicyclic) bond motifs is 1. The number of aliphatic hydroxyl groups excluding tert-OH is 1. The van der Waals surface area contributed by atoms with Gasteiger partial charge in [0.25, 0.3) is 0 Å². The largest absolute Gasteiger partial charge is 0.477 e. The Kier molecular flexibility index (Phi) is 6.96. The Morgan fingerprint density at radius 1 is 1.23 bits per heavy atom. The van der Waals surface area contributed by atoms with Crippen molar-refractivity contribution in [3.8, 4) is 0 Å². The molecular weight excluding hydrogens is 480 g/mol. The van der Waals surface area contributed by atoms with Gasteiger partial charge in [-0.15, -0.1) is 11.8 Å². The molecule has 2 saturated heterocycles. The predicted octanol–water partition coefficient (Wildman–Crippen LogP) is 1.88. The van der Waals surface area contributed by atoms with Gasteiger partial charge >= 0.3 is 5.97 Å². The molecule has 0 aliphatic carbocycles. The van der Waals surface area contributed by atoms with E-state index in [1.54, 1.807) is 14.1 Å². The Morgan fingerprint density at radius 2 is 1.86 bits per heavy atom. The van der Waals surface area contributed by atoms with E-state index in [4.69, 9.17) is 0 Å². The van der Waals surface area contributed by atoms with Crippen LogP contribution in [-0.2, 0) is 20.9 Å². The quantitative estimate of drug-likeness (QED) is 0.542. The molecule has 0 radical (unpaired) electrons. The minimum atomic E-state index is -1.20. The number of β-lactam (4-membered cyclic amide) rings is 1. The molecule has 1 aromatic carbocycles. The molecular formula is C24H29F2N3O5S. The lowest BCUT2D eigenvalue weighted by Gasteiger charge is -2.46. The lowest BCUT2D eigenvalue weighted by atomic mass is 9.79. The summed E-state index contributed by atoms with van der Waals surface area (Å²) in [7, 11) is 3.28. The maximum Gasteiger partial charge on any atom is 0.353 e. The van der Waals surface area contributed by atoms with Gasteiger partial charge in [-0.2, -0.15) is 0 Å². The van der Waals surface area contributed by atoms with E-state index in [2.05, 4.69) is 0 Å². The number of hydrogen-bond acceptors (Lipinski definition) is 6. The highest BCUT2D eigenvalue weighted by Crippen LogP contribution is 2.52. The first kappa shape index (κ1) is 25.6. The van der Waals surface area contributed by atoms with Crippen molar-refractivity contribution in [2.75, 3.05) is 20.6 Å². The van der Waals surface area contributed by atoms with E-state index < -0.39 is 47.6 Å². The van der Waals surface area contributed by atoms with E-state index in [0.717, 1.165) is 6.07 Å². The van der Waals surface area contributed by atoms with Gasteiger partial charge in [0.05, 0.1) is 24.1 Å². The van der Waals surface area contributed by atoms with E-state index in [0.29, 0.717) is 23.4 Å². The summed E-state index contributed by atoms with van der Waals surface area (Å²) in [5, 5.41) is 19.8. The van der Waals surface area contributed by atoms with Gasteiger partial charge in [0, 0.05) is 49.3 Å². The van der Waals surface area contributed by atoms with Gasteiger partial charge in [-0.1, -0.05) is 6.92 Å². The molecule has 0 unspecified atom stereocenters. The molecule has 2 fully saturated rings. The van der Waals surface area contributed by atoms with Crippen LogP contribution in [0.3, 0.4) is 0 Å². The normalized spacial score (nSPS) is 29.3. The third-order valence-electron chi connectivity index (χ3n) is 7.00. The molecule has 3 aliphatic heterocycles. The second-order valence-electron chi connectivity index (χ2n) is 9.70. The van der Waals surface area contributed by atoms with Gasteiger partial charge in [0.2, 0.25) is 11.8 Å². The molecule has 2 amide bonds. The standard InChI is InChI=1S/C24H29F2N3O5S/c1-11-19-18(12(2)30)23(32)29(19)20(24(33)34)21(11)35-16-8-17(22(31)27(3)4)28(10-16)9-13-5-14(25)7-15(26)6-13/h5-7,11-12,16-19,30H,8-10H2,1-4H3,(H,33,34)/t11-,12-,16+,17+,18-,19-/m1/s1. The fourth-order valence-corrected chi connectivity index (χ4v) is 7.03. The molecule has 0 spiro atoms. The average molecular weight is 510 g/mol. The van der Waals surface area contributed by atoms with Crippen molar-refractivity contribution in [2.45, 2.75) is 50.3 Å². The zero-order valence-corrected chi connectivity index (χ0v) is 20.8. The van der Waals surface area contributed by atoms with E-state index in [1.807, 2.05) is 11.8 Å². The zero-order valence-electron chi connectivity index (χ0n) is 19.9. The predicted molar refractivity (Wildman–Crippen MR) is 125 cm³/mol. The molecule has 0 saturated carbocycles. The molecule has 4 rings (SSSR count). The van der Waals surface area contributed by atoms with Gasteiger partial charge in [-0.3, -0.25) is 14.5 Å². The molecule has 11 heteroatoms. The van der Waals surface area contributed by atoms with Gasteiger partial charge in [-0.05, 0) is 31.0 Å². The number of benzene rings is 1. The molecule has 0 bridgehead atoms. The molecule has 6 atom stereocenters. The van der Waals surface area contributed by atoms with Crippen LogP contribution in [0.5, 0.6) is 0 Å². The van der Waals surface area contributed by atoms with Crippen LogP contribution < -0.4 is 0 Å². The summed E-state index contributed by atoms with van der Waals surface area (Å²) in [6.45, 7) is 3.94. The molecule has 190 valence electrons. The highest BCUT2D eigenvalue weighted by molar-refractivity contribution is 8.03. The lowest BCUT2D eigenvalue weighted by molar-refractivity contribution is -0.163. The van der Waals surface area contributed by atoms with E-state index in [-0.39, 0.29) is 29.3 Å². The number of nitrogens with zero attached hydrogens (tertiary/aromatic N) is 3. The van der Waals surface area contributed by atoms with Crippen molar-refractivity contribution in [3.63, 3.8) is 0 Å². The Bertz CT molecular complexity index is 1070. The number of aliphatic hydroxyl groups is 1.